The first kappa shape index (κ1) is 10.5. The molecule has 0 heterocycles. The Kier molecular flexibility index (Phi) is 3.23. The van der Waals surface area contributed by atoms with Crippen LogP contribution in [-0.4, -0.2) is 17.8 Å². The van der Waals surface area contributed by atoms with Crippen LogP contribution in [0.5, 0.6) is 5.75 Å². The van der Waals surface area contributed by atoms with Crippen molar-refractivity contribution in [3.05, 3.63) is 29.8 Å². The zero-order valence-electron chi connectivity index (χ0n) is 8.73. The number of aliphatic hydroxyl groups is 1. The third-order valence-electron chi connectivity index (χ3n) is 2.58. The molecule has 1 aliphatic carbocycles. The molecule has 0 bridgehead atoms. The zero-order chi connectivity index (χ0) is 10.7. The minimum absolute atomic E-state index is 0.110. The molecule has 1 aliphatic rings. The van der Waals surface area contributed by atoms with Gasteiger partial charge in [-0.3, -0.25) is 0 Å². The fourth-order valence-corrected chi connectivity index (χ4v) is 1.55. The highest BCUT2D eigenvalue weighted by molar-refractivity contribution is 5.36. The molecule has 1 aromatic rings. The summed E-state index contributed by atoms with van der Waals surface area (Å²) in [5.41, 5.74) is 6.96. The van der Waals surface area contributed by atoms with E-state index in [9.17, 15) is 0 Å². The molecule has 1 atom stereocenters. The lowest BCUT2D eigenvalue weighted by Crippen LogP contribution is -2.13. The highest BCUT2D eigenvalue weighted by atomic mass is 16.5. The predicted octanol–water partition coefficient (Wildman–Crippen LogP) is 1.61. The van der Waals surface area contributed by atoms with Gasteiger partial charge in [-0.1, -0.05) is 18.2 Å². The van der Waals surface area contributed by atoms with Gasteiger partial charge in [0.15, 0.2) is 0 Å². The van der Waals surface area contributed by atoms with E-state index in [1.807, 2.05) is 24.3 Å². The molecule has 1 saturated carbocycles. The maximum Gasteiger partial charge on any atom is 0.124 e. The van der Waals surface area contributed by atoms with Gasteiger partial charge in [-0.15, -0.1) is 0 Å². The van der Waals surface area contributed by atoms with Crippen LogP contribution < -0.4 is 10.5 Å². The van der Waals surface area contributed by atoms with Crippen LogP contribution in [0.25, 0.3) is 0 Å². The minimum Gasteiger partial charge on any atom is -0.490 e. The summed E-state index contributed by atoms with van der Waals surface area (Å²) < 4.78 is 5.76. The van der Waals surface area contributed by atoms with Gasteiger partial charge in [-0.25, -0.2) is 0 Å². The molecule has 2 rings (SSSR count). The highest BCUT2D eigenvalue weighted by Gasteiger charge is 2.25. The van der Waals surface area contributed by atoms with E-state index < -0.39 is 0 Å². The van der Waals surface area contributed by atoms with Gasteiger partial charge in [-0.05, 0) is 25.3 Å². The molecule has 3 nitrogen and oxygen atoms in total. The number of ether oxygens (including phenoxy) is 1. The molecule has 0 aromatic heterocycles. The van der Waals surface area contributed by atoms with Crippen molar-refractivity contribution in [3.63, 3.8) is 0 Å². The van der Waals surface area contributed by atoms with E-state index in [2.05, 4.69) is 0 Å². The van der Waals surface area contributed by atoms with E-state index in [-0.39, 0.29) is 12.6 Å². The second-order valence-electron chi connectivity index (χ2n) is 3.97. The monoisotopic (exact) mass is 207 g/mol. The Balaban J connectivity index is 2.12. The lowest BCUT2D eigenvalue weighted by Gasteiger charge is -2.15. The van der Waals surface area contributed by atoms with E-state index in [0.717, 1.165) is 24.2 Å². The first-order chi connectivity index (χ1) is 7.31. The molecule has 0 aliphatic heterocycles. The van der Waals surface area contributed by atoms with E-state index in [1.54, 1.807) is 0 Å². The fraction of sp³-hybridized carbons (Fsp3) is 0.500. The van der Waals surface area contributed by atoms with Crippen LogP contribution in [-0.2, 0) is 0 Å². The third kappa shape index (κ3) is 2.70. The second-order valence-corrected chi connectivity index (χ2v) is 3.97. The van der Waals surface area contributed by atoms with Gasteiger partial charge in [0.1, 0.15) is 5.75 Å². The van der Waals surface area contributed by atoms with Crippen LogP contribution in [0, 0.1) is 0 Å². The fourth-order valence-electron chi connectivity index (χ4n) is 1.55. The van der Waals surface area contributed by atoms with Crippen LogP contribution in [0.15, 0.2) is 24.3 Å². The summed E-state index contributed by atoms with van der Waals surface area (Å²) in [4.78, 5) is 0. The SMILES string of the molecule is NC(CCO)c1ccccc1OC1CC1. The van der Waals surface area contributed by atoms with Crippen LogP contribution in [0.3, 0.4) is 0 Å². The number of para-hydroxylation sites is 1. The summed E-state index contributed by atoms with van der Waals surface area (Å²) in [6.45, 7) is 0.110. The number of hydrogen-bond donors (Lipinski definition) is 2. The van der Waals surface area contributed by atoms with Crippen LogP contribution in [0.1, 0.15) is 30.9 Å². The topological polar surface area (TPSA) is 55.5 Å². The molecule has 0 spiro atoms. The number of benzene rings is 1. The van der Waals surface area contributed by atoms with Crippen LogP contribution in [0.4, 0.5) is 0 Å². The second kappa shape index (κ2) is 4.64. The largest absolute Gasteiger partial charge is 0.490 e. The molecule has 3 N–H and O–H groups in total. The van der Waals surface area contributed by atoms with Crippen molar-refractivity contribution in [2.45, 2.75) is 31.4 Å². The maximum absolute atomic E-state index is 8.86. The van der Waals surface area contributed by atoms with Crippen LogP contribution in [0.2, 0.25) is 0 Å². The lowest BCUT2D eigenvalue weighted by molar-refractivity contribution is 0.270. The molecule has 3 heteroatoms. The number of aliphatic hydroxyl groups excluding tert-OH is 1. The summed E-state index contributed by atoms with van der Waals surface area (Å²) in [5, 5.41) is 8.86. The maximum atomic E-state index is 8.86. The van der Waals surface area contributed by atoms with E-state index >= 15 is 0 Å². The average molecular weight is 207 g/mol. The first-order valence-electron chi connectivity index (χ1n) is 5.43. The molecule has 0 saturated heterocycles. The van der Waals surface area contributed by atoms with Crippen molar-refractivity contribution in [2.75, 3.05) is 6.61 Å². The van der Waals surface area contributed by atoms with E-state index in [0.29, 0.717) is 12.5 Å². The summed E-state index contributed by atoms with van der Waals surface area (Å²) in [7, 11) is 0. The molecular formula is C12H17NO2. The number of rotatable bonds is 5. The molecule has 0 radical (unpaired) electrons. The Morgan fingerprint density at radius 1 is 1.40 bits per heavy atom. The smallest absolute Gasteiger partial charge is 0.124 e. The van der Waals surface area contributed by atoms with E-state index in [1.165, 1.54) is 0 Å². The quantitative estimate of drug-likeness (QED) is 0.771. The summed E-state index contributed by atoms with van der Waals surface area (Å²) >= 11 is 0. The van der Waals surface area contributed by atoms with Crippen molar-refractivity contribution < 1.29 is 9.84 Å². The van der Waals surface area contributed by atoms with Crippen molar-refractivity contribution in [1.82, 2.24) is 0 Å². The molecule has 1 aromatic carbocycles. The Morgan fingerprint density at radius 2 is 2.13 bits per heavy atom. The normalized spacial score (nSPS) is 17.5. The lowest BCUT2D eigenvalue weighted by atomic mass is 10.0. The van der Waals surface area contributed by atoms with Crippen molar-refractivity contribution in [2.24, 2.45) is 5.73 Å². The summed E-state index contributed by atoms with van der Waals surface area (Å²) in [6, 6.07) is 7.69. The Bertz CT molecular complexity index is 323. The molecule has 0 amide bonds. The predicted molar refractivity (Wildman–Crippen MR) is 58.7 cm³/mol. The Morgan fingerprint density at radius 3 is 2.80 bits per heavy atom. The summed E-state index contributed by atoms with van der Waals surface area (Å²) in [5.74, 6) is 0.876. The van der Waals surface area contributed by atoms with Gasteiger partial charge in [0, 0.05) is 18.2 Å². The highest BCUT2D eigenvalue weighted by Crippen LogP contribution is 2.31. The van der Waals surface area contributed by atoms with Crippen molar-refractivity contribution in [1.29, 1.82) is 0 Å². The Hall–Kier alpha value is -1.06. The van der Waals surface area contributed by atoms with Gasteiger partial charge >= 0.3 is 0 Å². The zero-order valence-corrected chi connectivity index (χ0v) is 8.73. The van der Waals surface area contributed by atoms with Gasteiger partial charge in [0.25, 0.3) is 0 Å². The van der Waals surface area contributed by atoms with Gasteiger partial charge in [0.05, 0.1) is 6.10 Å². The molecule has 1 unspecified atom stereocenters. The molecule has 15 heavy (non-hydrogen) atoms. The standard InChI is InChI=1S/C12H17NO2/c13-11(7-8-14)10-3-1-2-4-12(10)15-9-5-6-9/h1-4,9,11,14H,5-8,13H2. The van der Waals surface area contributed by atoms with Crippen molar-refractivity contribution in [3.8, 4) is 5.75 Å². The first-order valence-corrected chi connectivity index (χ1v) is 5.43. The molecule has 82 valence electrons. The number of hydrogen-bond acceptors (Lipinski definition) is 3. The molecular weight excluding hydrogens is 190 g/mol. The van der Waals surface area contributed by atoms with Crippen LogP contribution >= 0.6 is 0 Å². The van der Waals surface area contributed by atoms with Gasteiger partial charge in [0.2, 0.25) is 0 Å². The van der Waals surface area contributed by atoms with Crippen molar-refractivity contribution >= 4 is 0 Å². The number of nitrogens with two attached hydrogens (primary N) is 1. The van der Waals surface area contributed by atoms with E-state index in [4.69, 9.17) is 15.6 Å². The van der Waals surface area contributed by atoms with Gasteiger partial charge in [-0.2, -0.15) is 0 Å². The Labute approximate surface area is 89.9 Å². The molecule has 1 fully saturated rings. The average Bonchev–Trinajstić information content (AvgIpc) is 3.03. The summed E-state index contributed by atoms with van der Waals surface area (Å²) in [6.07, 6.45) is 3.24. The third-order valence-corrected chi connectivity index (χ3v) is 2.58. The minimum atomic E-state index is -0.134. The van der Waals surface area contributed by atoms with Gasteiger partial charge < -0.3 is 15.6 Å².